The minimum Gasteiger partial charge on any atom is -0.483 e. The van der Waals surface area contributed by atoms with Gasteiger partial charge in [-0.15, -0.1) is 5.10 Å². The molecule has 0 aliphatic carbocycles. The lowest BCUT2D eigenvalue weighted by Crippen LogP contribution is -2.67. The van der Waals surface area contributed by atoms with Crippen molar-refractivity contribution in [3.05, 3.63) is 120 Å². The average molecular weight is 717 g/mol. The van der Waals surface area contributed by atoms with Crippen molar-refractivity contribution in [1.82, 2.24) is 10.6 Å². The van der Waals surface area contributed by atoms with Crippen molar-refractivity contribution in [2.75, 3.05) is 22.2 Å². The standard InChI is InChI=1S/C42H48N6O5/c1-8-40(4,5)30-23-24-35(34(26-30)41(6,7)9-2)53-27-36(50)43-32-20-16-17-29(25-32)37(51)44-38-42(45-28(3)49,46-31-18-12-10-13-19-31)39(52)48(47-38)33-21-14-11-15-22-33/h10-26,46H,8-9,27H2,1-7H3,(H,43,50)(H,45,49)(H,44,47,51). The molecule has 276 valence electrons. The maximum absolute atomic E-state index is 14.1. The fourth-order valence-corrected chi connectivity index (χ4v) is 5.86. The number of rotatable bonds is 13. The molecule has 0 aromatic heterocycles. The van der Waals surface area contributed by atoms with E-state index in [4.69, 9.17) is 4.74 Å². The van der Waals surface area contributed by atoms with Crippen LogP contribution in [0.5, 0.6) is 5.75 Å². The molecule has 4 aromatic rings. The minimum absolute atomic E-state index is 0.00318. The van der Waals surface area contributed by atoms with Crippen molar-refractivity contribution in [1.29, 1.82) is 0 Å². The first kappa shape index (κ1) is 38.3. The van der Waals surface area contributed by atoms with Gasteiger partial charge in [-0.25, -0.2) is 0 Å². The van der Waals surface area contributed by atoms with E-state index < -0.39 is 29.3 Å². The Bertz CT molecular complexity index is 2010. The maximum Gasteiger partial charge on any atom is 0.302 e. The molecule has 5 rings (SSSR count). The van der Waals surface area contributed by atoms with Crippen molar-refractivity contribution < 1.29 is 23.9 Å². The van der Waals surface area contributed by atoms with Crippen LogP contribution in [0.25, 0.3) is 0 Å². The Morgan fingerprint density at radius 3 is 2.06 bits per heavy atom. The van der Waals surface area contributed by atoms with E-state index in [0.717, 1.165) is 23.4 Å². The van der Waals surface area contributed by atoms with Crippen LogP contribution in [0.15, 0.2) is 108 Å². The summed E-state index contributed by atoms with van der Waals surface area (Å²) in [7, 11) is 0. The van der Waals surface area contributed by atoms with Gasteiger partial charge in [0.05, 0.1) is 5.69 Å². The average Bonchev–Trinajstić information content (AvgIpc) is 3.40. The number of ether oxygens (including phenoxy) is 1. The summed E-state index contributed by atoms with van der Waals surface area (Å²) >= 11 is 0. The number of para-hydroxylation sites is 2. The molecule has 0 saturated carbocycles. The minimum atomic E-state index is -1.95. The van der Waals surface area contributed by atoms with Crippen LogP contribution in [0.3, 0.4) is 0 Å². The Morgan fingerprint density at radius 2 is 1.42 bits per heavy atom. The number of nitrogens with zero attached hydrogens (tertiary/aromatic N) is 2. The highest BCUT2D eigenvalue weighted by atomic mass is 16.5. The van der Waals surface area contributed by atoms with E-state index in [1.54, 1.807) is 72.8 Å². The molecule has 4 N–H and O–H groups in total. The Hall–Kier alpha value is -5.97. The van der Waals surface area contributed by atoms with Gasteiger partial charge in [-0.2, -0.15) is 5.01 Å². The smallest absolute Gasteiger partial charge is 0.302 e. The molecule has 1 aliphatic rings. The van der Waals surface area contributed by atoms with Crippen molar-refractivity contribution in [3.63, 3.8) is 0 Å². The predicted octanol–water partition coefficient (Wildman–Crippen LogP) is 7.11. The number of benzene rings is 4. The van der Waals surface area contributed by atoms with Crippen LogP contribution in [0, 0.1) is 0 Å². The quantitative estimate of drug-likeness (QED) is 0.109. The number of nitrogens with one attached hydrogen (secondary N) is 4. The molecule has 1 heterocycles. The molecule has 1 unspecified atom stereocenters. The first-order valence-corrected chi connectivity index (χ1v) is 17.8. The van der Waals surface area contributed by atoms with Gasteiger partial charge in [0.25, 0.3) is 17.5 Å². The number of carbonyl (C=O) groups excluding carboxylic acids is 4. The number of hydrazone groups is 1. The fourth-order valence-electron chi connectivity index (χ4n) is 5.86. The number of carbonyl (C=O) groups is 4. The van der Waals surface area contributed by atoms with Crippen molar-refractivity contribution in [2.24, 2.45) is 5.10 Å². The molecule has 0 radical (unpaired) electrons. The van der Waals surface area contributed by atoms with E-state index in [1.165, 1.54) is 18.6 Å². The molecule has 4 aromatic carbocycles. The normalized spacial score (nSPS) is 15.7. The van der Waals surface area contributed by atoms with Gasteiger partial charge in [-0.05, 0) is 77.8 Å². The van der Waals surface area contributed by atoms with Gasteiger partial charge in [0.15, 0.2) is 12.4 Å². The lowest BCUT2D eigenvalue weighted by Gasteiger charge is -2.31. The number of hydrogen-bond donors (Lipinski definition) is 4. The van der Waals surface area contributed by atoms with Gasteiger partial charge in [-0.1, -0.05) is 96.1 Å². The predicted molar refractivity (Wildman–Crippen MR) is 209 cm³/mol. The van der Waals surface area contributed by atoms with Crippen LogP contribution in [0.2, 0.25) is 0 Å². The van der Waals surface area contributed by atoms with Gasteiger partial charge in [0, 0.05) is 29.4 Å². The highest BCUT2D eigenvalue weighted by Gasteiger charge is 2.54. The molecule has 4 amide bonds. The van der Waals surface area contributed by atoms with E-state index in [9.17, 15) is 19.2 Å². The number of amides is 4. The Morgan fingerprint density at radius 1 is 0.774 bits per heavy atom. The molecule has 1 atom stereocenters. The Balaban J connectivity index is 1.36. The highest BCUT2D eigenvalue weighted by molar-refractivity contribution is 6.28. The Labute approximate surface area is 311 Å². The largest absolute Gasteiger partial charge is 0.483 e. The second kappa shape index (κ2) is 15.7. The van der Waals surface area contributed by atoms with Crippen molar-refractivity contribution in [2.45, 2.75) is 77.8 Å². The molecule has 11 heteroatoms. The van der Waals surface area contributed by atoms with E-state index in [1.807, 2.05) is 12.1 Å². The van der Waals surface area contributed by atoms with Gasteiger partial charge < -0.3 is 26.0 Å². The number of anilines is 3. The van der Waals surface area contributed by atoms with Crippen molar-refractivity contribution in [3.8, 4) is 5.75 Å². The molecule has 1 aliphatic heterocycles. The molecule has 0 fully saturated rings. The molecular formula is C42H48N6O5. The lowest BCUT2D eigenvalue weighted by molar-refractivity contribution is -0.127. The molecule has 0 spiro atoms. The molecular weight excluding hydrogens is 668 g/mol. The van der Waals surface area contributed by atoms with Gasteiger partial charge in [0.1, 0.15) is 5.75 Å². The summed E-state index contributed by atoms with van der Waals surface area (Å²) in [6.45, 7) is 14.1. The Kier molecular flexibility index (Phi) is 11.4. The van der Waals surface area contributed by atoms with E-state index in [0.29, 0.717) is 22.8 Å². The summed E-state index contributed by atoms with van der Waals surface area (Å²) < 4.78 is 6.10. The third kappa shape index (κ3) is 8.57. The molecule has 0 saturated heterocycles. The van der Waals surface area contributed by atoms with E-state index in [2.05, 4.69) is 80.0 Å². The summed E-state index contributed by atoms with van der Waals surface area (Å²) in [5, 5.41) is 17.0. The first-order valence-electron chi connectivity index (χ1n) is 17.8. The summed E-state index contributed by atoms with van der Waals surface area (Å²) in [6.07, 6.45) is 1.87. The summed E-state index contributed by atoms with van der Waals surface area (Å²) in [6, 6.07) is 30.1. The van der Waals surface area contributed by atoms with Crippen molar-refractivity contribution >= 4 is 46.5 Å². The molecule has 53 heavy (non-hydrogen) atoms. The van der Waals surface area contributed by atoms with Crippen LogP contribution >= 0.6 is 0 Å². The maximum atomic E-state index is 14.1. The van der Waals surface area contributed by atoms with Gasteiger partial charge >= 0.3 is 5.91 Å². The molecule has 0 bridgehead atoms. The number of amidine groups is 1. The number of hydrogen-bond acceptors (Lipinski definition) is 7. The van der Waals surface area contributed by atoms with Crippen LogP contribution in [-0.4, -0.2) is 41.7 Å². The second-order valence-corrected chi connectivity index (χ2v) is 14.4. The fraction of sp³-hybridized carbons (Fsp3) is 0.310. The monoisotopic (exact) mass is 716 g/mol. The third-order valence-corrected chi connectivity index (χ3v) is 9.80. The van der Waals surface area contributed by atoms with Crippen LogP contribution in [0.1, 0.15) is 82.8 Å². The summed E-state index contributed by atoms with van der Waals surface area (Å²) in [5.74, 6) is -1.67. The third-order valence-electron chi connectivity index (χ3n) is 9.80. The van der Waals surface area contributed by atoms with Crippen LogP contribution < -0.4 is 31.0 Å². The van der Waals surface area contributed by atoms with E-state index in [-0.39, 0.29) is 28.8 Å². The van der Waals surface area contributed by atoms with Gasteiger partial charge in [-0.3, -0.25) is 19.2 Å². The topological polar surface area (TPSA) is 141 Å². The second-order valence-electron chi connectivity index (χ2n) is 14.4. The van der Waals surface area contributed by atoms with Crippen LogP contribution in [0.4, 0.5) is 17.1 Å². The zero-order chi connectivity index (χ0) is 38.4. The first-order chi connectivity index (χ1) is 25.2. The highest BCUT2D eigenvalue weighted by Crippen LogP contribution is 2.38. The van der Waals surface area contributed by atoms with E-state index >= 15 is 0 Å². The summed E-state index contributed by atoms with van der Waals surface area (Å²) in [4.78, 5) is 53.7. The SMILES string of the molecule is CCC(C)(C)c1ccc(OCC(=O)Nc2cccc(C(=O)NC3=NN(c4ccccc4)C(=O)C3(NC(C)=O)Nc3ccccc3)c2)c(C(C)(C)CC)c1. The zero-order valence-corrected chi connectivity index (χ0v) is 31.4. The molecule has 11 nitrogen and oxygen atoms in total. The summed E-state index contributed by atoms with van der Waals surface area (Å²) in [5.41, 5.74) is 1.62. The van der Waals surface area contributed by atoms with Gasteiger partial charge in [0.2, 0.25) is 5.91 Å². The lowest BCUT2D eigenvalue weighted by atomic mass is 9.76. The van der Waals surface area contributed by atoms with Crippen LogP contribution in [-0.2, 0) is 25.2 Å². The zero-order valence-electron chi connectivity index (χ0n) is 31.4.